The van der Waals surface area contributed by atoms with Gasteiger partial charge in [0.05, 0.1) is 5.69 Å². The third-order valence-electron chi connectivity index (χ3n) is 3.58. The van der Waals surface area contributed by atoms with Crippen LogP contribution in [0.15, 0.2) is 42.5 Å². The predicted molar refractivity (Wildman–Crippen MR) is 91.2 cm³/mol. The summed E-state index contributed by atoms with van der Waals surface area (Å²) in [6.45, 7) is -0.345. The fraction of sp³-hybridized carbons (Fsp3) is 0.111. The van der Waals surface area contributed by atoms with Crippen molar-refractivity contribution >= 4 is 17.6 Å². The molecule has 0 aliphatic rings. The number of carbonyl (C=O) groups is 1. The van der Waals surface area contributed by atoms with Crippen molar-refractivity contribution in [3.05, 3.63) is 70.6 Å². The Morgan fingerprint density at radius 2 is 1.78 bits per heavy atom. The second-order valence-electron chi connectivity index (χ2n) is 5.36. The molecule has 3 rings (SSSR count). The lowest BCUT2D eigenvalue weighted by Crippen LogP contribution is -2.10. The van der Waals surface area contributed by atoms with Crippen molar-refractivity contribution in [1.29, 1.82) is 0 Å². The minimum absolute atomic E-state index is 0.0746. The number of rotatable bonds is 5. The van der Waals surface area contributed by atoms with Gasteiger partial charge in [0.15, 0.2) is 12.5 Å². The van der Waals surface area contributed by atoms with Gasteiger partial charge < -0.3 is 9.47 Å². The van der Waals surface area contributed by atoms with Crippen LogP contribution in [0.3, 0.4) is 0 Å². The highest BCUT2D eigenvalue weighted by Crippen LogP contribution is 2.34. The summed E-state index contributed by atoms with van der Waals surface area (Å²) in [5.74, 6) is -2.93. The van der Waals surface area contributed by atoms with Crippen LogP contribution in [0.5, 0.6) is 0 Å². The van der Waals surface area contributed by atoms with Gasteiger partial charge in [-0.25, -0.2) is 22.6 Å². The molecule has 0 spiro atoms. The lowest BCUT2D eigenvalue weighted by Gasteiger charge is -2.09. The number of hydrogen-bond acceptors (Lipinski definition) is 4. The first-order chi connectivity index (χ1) is 12.9. The monoisotopic (exact) mass is 396 g/mol. The molecule has 0 amide bonds. The maximum Gasteiger partial charge on any atom is 0.362 e. The summed E-state index contributed by atoms with van der Waals surface area (Å²) in [7, 11) is 1.32. The van der Waals surface area contributed by atoms with E-state index in [4.69, 9.17) is 16.3 Å². The van der Waals surface area contributed by atoms with Gasteiger partial charge in [-0.1, -0.05) is 11.6 Å². The highest BCUT2D eigenvalue weighted by Gasteiger charge is 2.26. The number of esters is 1. The first-order valence-electron chi connectivity index (χ1n) is 7.58. The molecule has 9 heteroatoms. The molecule has 0 saturated heterocycles. The highest BCUT2D eigenvalue weighted by atomic mass is 35.5. The molecule has 3 aromatic rings. The number of halogens is 4. The van der Waals surface area contributed by atoms with E-state index < -0.39 is 23.4 Å². The van der Waals surface area contributed by atoms with Crippen molar-refractivity contribution in [3.8, 4) is 16.9 Å². The summed E-state index contributed by atoms with van der Waals surface area (Å²) in [6.07, 6.45) is 0. The molecule has 140 valence electrons. The van der Waals surface area contributed by atoms with Gasteiger partial charge in [-0.15, -0.1) is 0 Å². The van der Waals surface area contributed by atoms with Crippen LogP contribution in [-0.4, -0.2) is 29.7 Å². The molecule has 0 atom stereocenters. The summed E-state index contributed by atoms with van der Waals surface area (Å²) in [5.41, 5.74) is -0.187. The first-order valence-corrected chi connectivity index (χ1v) is 7.96. The third-order valence-corrected chi connectivity index (χ3v) is 3.94. The number of hydrogen-bond donors (Lipinski definition) is 0. The van der Waals surface area contributed by atoms with E-state index in [1.165, 1.54) is 19.2 Å². The molecule has 0 bridgehead atoms. The Morgan fingerprint density at radius 3 is 2.44 bits per heavy atom. The summed E-state index contributed by atoms with van der Waals surface area (Å²) in [5, 5.41) is 3.83. The van der Waals surface area contributed by atoms with Crippen LogP contribution in [0.4, 0.5) is 13.2 Å². The molecule has 1 aromatic heterocycles. The van der Waals surface area contributed by atoms with E-state index in [0.29, 0.717) is 5.56 Å². The van der Waals surface area contributed by atoms with Crippen LogP contribution in [0.25, 0.3) is 16.9 Å². The summed E-state index contributed by atoms with van der Waals surface area (Å²) in [6, 6.07) is 7.82. The van der Waals surface area contributed by atoms with Crippen LogP contribution in [0.1, 0.15) is 10.5 Å². The van der Waals surface area contributed by atoms with E-state index >= 15 is 0 Å². The smallest absolute Gasteiger partial charge is 0.362 e. The maximum absolute atomic E-state index is 14.3. The number of ether oxygens (including phenoxy) is 2. The first kappa shape index (κ1) is 18.9. The lowest BCUT2D eigenvalue weighted by molar-refractivity contribution is -0.0130. The molecule has 0 N–H and O–H groups in total. The Labute approximate surface area is 156 Å². The van der Waals surface area contributed by atoms with Gasteiger partial charge in [-0.2, -0.15) is 5.10 Å². The zero-order valence-corrected chi connectivity index (χ0v) is 14.6. The number of aromatic nitrogens is 2. The topological polar surface area (TPSA) is 53.4 Å². The molecule has 1 heterocycles. The van der Waals surface area contributed by atoms with Crippen molar-refractivity contribution < 1.29 is 27.4 Å². The molecule has 5 nitrogen and oxygen atoms in total. The van der Waals surface area contributed by atoms with E-state index in [-0.39, 0.29) is 28.9 Å². The Bertz CT molecular complexity index is 990. The standard InChI is InChI=1S/C18H12ClF3N2O3/c1-26-9-27-18(25)16-15(19)17(10-2-4-11(20)5-3-10)24(23-16)14-8-12(21)6-7-13(14)22/h2-8H,9H2,1H3. The van der Waals surface area contributed by atoms with Crippen molar-refractivity contribution in [2.75, 3.05) is 13.9 Å². The quantitative estimate of drug-likeness (QED) is 0.474. The highest BCUT2D eigenvalue weighted by molar-refractivity contribution is 6.35. The maximum atomic E-state index is 14.3. The largest absolute Gasteiger partial charge is 0.434 e. The molecule has 0 aliphatic heterocycles. The second kappa shape index (κ2) is 7.81. The number of carbonyl (C=O) groups excluding carboxylic acids is 1. The molecule has 0 aliphatic carbocycles. The van der Waals surface area contributed by atoms with Gasteiger partial charge in [0.25, 0.3) is 0 Å². The van der Waals surface area contributed by atoms with Gasteiger partial charge in [-0.3, -0.25) is 0 Å². The summed E-state index contributed by atoms with van der Waals surface area (Å²) in [4.78, 5) is 12.2. The average Bonchev–Trinajstić information content (AvgIpc) is 2.99. The molecular formula is C18H12ClF3N2O3. The minimum Gasteiger partial charge on any atom is -0.434 e. The SMILES string of the molecule is COCOC(=O)c1nn(-c2cc(F)ccc2F)c(-c2ccc(F)cc2)c1Cl. The van der Waals surface area contributed by atoms with Gasteiger partial charge >= 0.3 is 5.97 Å². The van der Waals surface area contributed by atoms with E-state index in [1.807, 2.05) is 0 Å². The lowest BCUT2D eigenvalue weighted by atomic mass is 10.1. The van der Waals surface area contributed by atoms with E-state index in [0.717, 1.165) is 35.0 Å². The van der Waals surface area contributed by atoms with E-state index in [1.54, 1.807) is 0 Å². The van der Waals surface area contributed by atoms with Crippen LogP contribution >= 0.6 is 11.6 Å². The molecule has 0 saturated carbocycles. The predicted octanol–water partition coefficient (Wildman–Crippen LogP) is 4.37. The summed E-state index contributed by atoms with van der Waals surface area (Å²) < 4.78 is 51.7. The fourth-order valence-corrected chi connectivity index (χ4v) is 2.69. The molecule has 0 radical (unpaired) electrons. The van der Waals surface area contributed by atoms with E-state index in [9.17, 15) is 18.0 Å². The number of nitrogens with zero attached hydrogens (tertiary/aromatic N) is 2. The van der Waals surface area contributed by atoms with Gasteiger partial charge in [0.1, 0.15) is 28.2 Å². The van der Waals surface area contributed by atoms with Crippen molar-refractivity contribution in [3.63, 3.8) is 0 Å². The minimum atomic E-state index is -0.916. The molecule has 2 aromatic carbocycles. The summed E-state index contributed by atoms with van der Waals surface area (Å²) >= 11 is 6.28. The second-order valence-corrected chi connectivity index (χ2v) is 5.74. The van der Waals surface area contributed by atoms with E-state index in [2.05, 4.69) is 9.84 Å². The van der Waals surface area contributed by atoms with Crippen LogP contribution < -0.4 is 0 Å². The Kier molecular flexibility index (Phi) is 5.48. The Hall–Kier alpha value is -2.84. The van der Waals surface area contributed by atoms with Crippen molar-refractivity contribution in [2.24, 2.45) is 0 Å². The van der Waals surface area contributed by atoms with Crippen LogP contribution in [-0.2, 0) is 9.47 Å². The Balaban J connectivity index is 2.22. The molecular weight excluding hydrogens is 385 g/mol. The zero-order chi connectivity index (χ0) is 19.6. The normalized spacial score (nSPS) is 10.9. The number of methoxy groups -OCH3 is 1. The zero-order valence-electron chi connectivity index (χ0n) is 13.9. The average molecular weight is 397 g/mol. The van der Waals surface area contributed by atoms with Crippen LogP contribution in [0, 0.1) is 17.5 Å². The Morgan fingerprint density at radius 1 is 1.11 bits per heavy atom. The van der Waals surface area contributed by atoms with Crippen molar-refractivity contribution in [1.82, 2.24) is 9.78 Å². The van der Waals surface area contributed by atoms with Gasteiger partial charge in [-0.05, 0) is 36.4 Å². The fourth-order valence-electron chi connectivity index (χ4n) is 2.39. The molecule has 0 unspecified atom stereocenters. The molecule has 27 heavy (non-hydrogen) atoms. The van der Waals surface area contributed by atoms with Crippen LogP contribution in [0.2, 0.25) is 5.02 Å². The van der Waals surface area contributed by atoms with Gasteiger partial charge in [0, 0.05) is 18.7 Å². The van der Waals surface area contributed by atoms with Gasteiger partial charge in [0.2, 0.25) is 0 Å². The third kappa shape index (κ3) is 3.81. The van der Waals surface area contributed by atoms with Crippen molar-refractivity contribution in [2.45, 2.75) is 0 Å². The molecule has 0 fully saturated rings. The number of benzene rings is 2.